The maximum atomic E-state index is 13.7. The number of phenolic OH excluding ortho intramolecular Hbond substituents is 2. The lowest BCUT2D eigenvalue weighted by Crippen LogP contribution is -2.57. The summed E-state index contributed by atoms with van der Waals surface area (Å²) in [5.74, 6) is -5.49. The van der Waals surface area contributed by atoms with Gasteiger partial charge in [0.25, 0.3) is 0 Å². The summed E-state index contributed by atoms with van der Waals surface area (Å²) in [7, 11) is 1.32. The van der Waals surface area contributed by atoms with E-state index in [1.165, 1.54) is 25.3 Å². The molecular weight excluding hydrogens is 514 g/mol. The highest BCUT2D eigenvalue weighted by atomic mass is 16.7. The molecule has 0 spiro atoms. The van der Waals surface area contributed by atoms with Gasteiger partial charge >= 0.3 is 0 Å². The Balaban J connectivity index is 1.69. The molecule has 1 saturated heterocycles. The maximum Gasteiger partial charge on any atom is 0.202 e. The van der Waals surface area contributed by atoms with Crippen LogP contribution in [0.2, 0.25) is 0 Å². The fraction of sp³-hybridized carbons (Fsp3) is 0.481. The number of carbonyl (C=O) groups excluding carboxylic acids is 2. The summed E-state index contributed by atoms with van der Waals surface area (Å²) < 4.78 is 17.0. The Labute approximate surface area is 223 Å². The molecule has 12 nitrogen and oxygen atoms in total. The molecule has 210 valence electrons. The summed E-state index contributed by atoms with van der Waals surface area (Å²) in [6, 6.07) is 3.65. The zero-order valence-corrected chi connectivity index (χ0v) is 21.5. The molecule has 2 aromatic rings. The third-order valence-corrected chi connectivity index (χ3v) is 8.02. The van der Waals surface area contributed by atoms with Gasteiger partial charge in [-0.15, -0.1) is 0 Å². The van der Waals surface area contributed by atoms with Crippen LogP contribution in [-0.4, -0.2) is 85.2 Å². The molecule has 6 atom stereocenters. The number of ketones is 2. The van der Waals surface area contributed by atoms with Gasteiger partial charge in [0.15, 0.2) is 17.9 Å². The highest BCUT2D eigenvalue weighted by molar-refractivity contribution is 6.31. The molecule has 0 radical (unpaired) electrons. The highest BCUT2D eigenvalue weighted by Gasteiger charge is 2.54. The van der Waals surface area contributed by atoms with E-state index in [1.807, 2.05) is 0 Å². The molecule has 1 aliphatic heterocycles. The van der Waals surface area contributed by atoms with Crippen molar-refractivity contribution in [2.75, 3.05) is 7.11 Å². The lowest BCUT2D eigenvalue weighted by molar-refractivity contribution is -0.291. The van der Waals surface area contributed by atoms with Crippen molar-refractivity contribution in [2.24, 2.45) is 5.73 Å². The summed E-state index contributed by atoms with van der Waals surface area (Å²) in [5.41, 5.74) is 2.31. The molecule has 0 amide bonds. The molecule has 0 aromatic heterocycles. The Kier molecular flexibility index (Phi) is 6.50. The quantitative estimate of drug-likeness (QED) is 0.172. The lowest BCUT2D eigenvalue weighted by atomic mass is 9.70. The number of aliphatic hydroxyl groups is 4. The maximum absolute atomic E-state index is 13.7. The Morgan fingerprint density at radius 1 is 1.10 bits per heavy atom. The largest absolute Gasteiger partial charge is 0.507 e. The second-order valence-electron chi connectivity index (χ2n) is 10.6. The Morgan fingerprint density at radius 2 is 1.77 bits per heavy atom. The van der Waals surface area contributed by atoms with E-state index in [9.17, 15) is 40.2 Å². The smallest absolute Gasteiger partial charge is 0.202 e. The van der Waals surface area contributed by atoms with Crippen LogP contribution in [0.4, 0.5) is 0 Å². The van der Waals surface area contributed by atoms with Gasteiger partial charge in [-0.25, -0.2) is 0 Å². The van der Waals surface area contributed by atoms with Gasteiger partial charge < -0.3 is 50.6 Å². The molecule has 0 unspecified atom stereocenters. The topological polar surface area (TPSA) is 209 Å². The molecule has 1 fully saturated rings. The van der Waals surface area contributed by atoms with E-state index >= 15 is 0 Å². The third kappa shape index (κ3) is 4.11. The number of nitrogens with two attached hydrogens (primary N) is 1. The SMILES string of the molecule is COc1cccc2c1C(=O)c1c(O)c3c(c(O)c1C2=O)C[C@@](O)(C(C)(O)O)C[C@@H]3O[C@H]1C[C@H](N)[C@H](O)[C@H](C)O1. The number of ether oxygens (including phenoxy) is 3. The predicted molar refractivity (Wildman–Crippen MR) is 133 cm³/mol. The number of rotatable bonds is 4. The summed E-state index contributed by atoms with van der Waals surface area (Å²) in [6.07, 6.45) is -5.18. The molecule has 2 aliphatic carbocycles. The van der Waals surface area contributed by atoms with Gasteiger partial charge in [-0.3, -0.25) is 9.59 Å². The number of aliphatic hydroxyl groups excluding tert-OH is 1. The van der Waals surface area contributed by atoms with Crippen LogP contribution < -0.4 is 10.5 Å². The minimum atomic E-state index is -2.70. The van der Waals surface area contributed by atoms with Gasteiger partial charge in [0, 0.05) is 42.0 Å². The Hall–Kier alpha value is -3.10. The van der Waals surface area contributed by atoms with Gasteiger partial charge in [0.1, 0.15) is 22.8 Å². The van der Waals surface area contributed by atoms with Crippen molar-refractivity contribution in [1.29, 1.82) is 0 Å². The number of benzene rings is 2. The van der Waals surface area contributed by atoms with Crippen LogP contribution in [0.5, 0.6) is 17.2 Å². The number of aromatic hydroxyl groups is 2. The minimum Gasteiger partial charge on any atom is -0.507 e. The molecule has 3 aliphatic rings. The summed E-state index contributed by atoms with van der Waals surface area (Å²) in [5, 5.41) is 65.2. The van der Waals surface area contributed by atoms with Crippen molar-refractivity contribution in [3.05, 3.63) is 51.6 Å². The Morgan fingerprint density at radius 3 is 2.38 bits per heavy atom. The average Bonchev–Trinajstić information content (AvgIpc) is 2.86. The van der Waals surface area contributed by atoms with Crippen LogP contribution in [0.15, 0.2) is 18.2 Å². The van der Waals surface area contributed by atoms with Gasteiger partial charge in [-0.1, -0.05) is 12.1 Å². The van der Waals surface area contributed by atoms with Crippen molar-refractivity contribution >= 4 is 11.6 Å². The van der Waals surface area contributed by atoms with Crippen molar-refractivity contribution in [3.63, 3.8) is 0 Å². The molecule has 5 rings (SSSR count). The zero-order valence-electron chi connectivity index (χ0n) is 21.5. The molecule has 1 heterocycles. The molecule has 0 bridgehead atoms. The fourth-order valence-electron chi connectivity index (χ4n) is 5.75. The standard InChI is InChI=1S/C27H31NO11/c1-10-21(29)13(28)7-16(38-10)39-15-9-27(36,26(2,34)35)8-12-18(15)25(33)20-19(23(12)31)22(30)11-5-4-6-14(37-3)17(11)24(20)32/h4-6,10,13,15-16,21,29,31,33-36H,7-9,28H2,1-3H3/t10-,13-,15-,16-,21+,27-/m0/s1. The second-order valence-corrected chi connectivity index (χ2v) is 10.6. The van der Waals surface area contributed by atoms with Gasteiger partial charge in [-0.2, -0.15) is 0 Å². The van der Waals surface area contributed by atoms with E-state index < -0.39 is 89.1 Å². The van der Waals surface area contributed by atoms with E-state index in [0.29, 0.717) is 0 Å². The monoisotopic (exact) mass is 545 g/mol. The fourth-order valence-corrected chi connectivity index (χ4v) is 5.75. The predicted octanol–water partition coefficient (Wildman–Crippen LogP) is 0.141. The van der Waals surface area contributed by atoms with E-state index in [4.69, 9.17) is 19.9 Å². The van der Waals surface area contributed by atoms with Crippen molar-refractivity contribution in [2.45, 2.75) is 75.1 Å². The van der Waals surface area contributed by atoms with Gasteiger partial charge in [0.05, 0.1) is 42.1 Å². The van der Waals surface area contributed by atoms with Crippen LogP contribution in [0.3, 0.4) is 0 Å². The first-order valence-electron chi connectivity index (χ1n) is 12.5. The van der Waals surface area contributed by atoms with Gasteiger partial charge in [-0.05, 0) is 19.9 Å². The zero-order chi connectivity index (χ0) is 28.6. The van der Waals surface area contributed by atoms with E-state index in [2.05, 4.69) is 0 Å². The normalized spacial score (nSPS) is 30.4. The first-order chi connectivity index (χ1) is 18.2. The third-order valence-electron chi connectivity index (χ3n) is 8.02. The summed E-state index contributed by atoms with van der Waals surface area (Å²) >= 11 is 0. The number of hydrogen-bond donors (Lipinski definition) is 7. The van der Waals surface area contributed by atoms with Crippen LogP contribution in [0, 0.1) is 0 Å². The van der Waals surface area contributed by atoms with E-state index in [0.717, 1.165) is 6.92 Å². The minimum absolute atomic E-state index is 0.0188. The lowest BCUT2D eigenvalue weighted by Gasteiger charge is -2.46. The second kappa shape index (κ2) is 9.24. The molecule has 39 heavy (non-hydrogen) atoms. The number of fused-ring (bicyclic) bond motifs is 3. The van der Waals surface area contributed by atoms with Gasteiger partial charge in [0.2, 0.25) is 5.78 Å². The van der Waals surface area contributed by atoms with Crippen molar-refractivity contribution in [3.8, 4) is 17.2 Å². The molecule has 12 heteroatoms. The number of hydrogen-bond acceptors (Lipinski definition) is 12. The van der Waals surface area contributed by atoms with E-state index in [1.54, 1.807) is 6.92 Å². The van der Waals surface area contributed by atoms with Crippen LogP contribution >= 0.6 is 0 Å². The van der Waals surface area contributed by atoms with Crippen molar-refractivity contribution in [1.82, 2.24) is 0 Å². The summed E-state index contributed by atoms with van der Waals surface area (Å²) in [4.78, 5) is 27.2. The molecule has 0 saturated carbocycles. The molecule has 8 N–H and O–H groups in total. The van der Waals surface area contributed by atoms with Crippen molar-refractivity contribution < 1.29 is 54.4 Å². The van der Waals surface area contributed by atoms with Crippen LogP contribution in [-0.2, 0) is 15.9 Å². The summed E-state index contributed by atoms with van der Waals surface area (Å²) in [6.45, 7) is 2.53. The number of carbonyl (C=O) groups is 2. The molecule has 2 aromatic carbocycles. The number of methoxy groups -OCH3 is 1. The number of phenols is 2. The first kappa shape index (κ1) is 27.5. The van der Waals surface area contributed by atoms with Crippen LogP contribution in [0.1, 0.15) is 75.8 Å². The molecular formula is C27H31NO11. The first-order valence-corrected chi connectivity index (χ1v) is 12.5. The highest BCUT2D eigenvalue weighted by Crippen LogP contribution is 2.53. The average molecular weight is 546 g/mol. The Bertz CT molecular complexity index is 1350. The van der Waals surface area contributed by atoms with E-state index in [-0.39, 0.29) is 34.4 Å². The van der Waals surface area contributed by atoms with Crippen LogP contribution in [0.25, 0.3) is 0 Å².